The van der Waals surface area contributed by atoms with Crippen LogP contribution in [-0.4, -0.2) is 57.2 Å². The standard InChI is InChI=1S/C22H27N3O3S/c1-15-6-11-18(28-5)20-21(15)29-22(23-20)25(13-12-24(2)3)19(26)14-16-7-9-17(27-4)10-8-16/h6-11H,12-14H2,1-5H3. The summed E-state index contributed by atoms with van der Waals surface area (Å²) < 4.78 is 11.7. The van der Waals surface area contributed by atoms with Gasteiger partial charge in [-0.25, -0.2) is 4.98 Å². The summed E-state index contributed by atoms with van der Waals surface area (Å²) in [5.41, 5.74) is 2.87. The van der Waals surface area contributed by atoms with Crippen molar-refractivity contribution in [1.29, 1.82) is 0 Å². The van der Waals surface area contributed by atoms with Crippen LogP contribution in [0.15, 0.2) is 36.4 Å². The third-order valence-electron chi connectivity index (χ3n) is 4.73. The average Bonchev–Trinajstić information content (AvgIpc) is 3.15. The van der Waals surface area contributed by atoms with Crippen molar-refractivity contribution in [2.45, 2.75) is 13.3 Å². The maximum Gasteiger partial charge on any atom is 0.233 e. The lowest BCUT2D eigenvalue weighted by Crippen LogP contribution is -2.37. The molecule has 6 nitrogen and oxygen atoms in total. The predicted octanol–water partition coefficient (Wildman–Crippen LogP) is 3.76. The summed E-state index contributed by atoms with van der Waals surface area (Å²) in [6.45, 7) is 3.37. The number of thiazole rings is 1. The highest BCUT2D eigenvalue weighted by molar-refractivity contribution is 7.22. The van der Waals surface area contributed by atoms with Gasteiger partial charge in [-0.15, -0.1) is 0 Å². The molecule has 0 unspecified atom stereocenters. The van der Waals surface area contributed by atoms with Crippen LogP contribution in [0.1, 0.15) is 11.1 Å². The highest BCUT2D eigenvalue weighted by Gasteiger charge is 2.22. The molecular formula is C22H27N3O3S. The second-order valence-electron chi connectivity index (χ2n) is 7.13. The minimum atomic E-state index is 0.0210. The Labute approximate surface area is 175 Å². The predicted molar refractivity (Wildman–Crippen MR) is 119 cm³/mol. The van der Waals surface area contributed by atoms with E-state index in [1.165, 1.54) is 11.3 Å². The van der Waals surface area contributed by atoms with E-state index in [0.29, 0.717) is 18.1 Å². The molecule has 7 heteroatoms. The van der Waals surface area contributed by atoms with E-state index in [9.17, 15) is 4.79 Å². The zero-order chi connectivity index (χ0) is 21.0. The zero-order valence-corrected chi connectivity index (χ0v) is 18.4. The van der Waals surface area contributed by atoms with Gasteiger partial charge in [0.05, 0.1) is 25.3 Å². The Morgan fingerprint density at radius 3 is 2.38 bits per heavy atom. The number of hydrogen-bond acceptors (Lipinski definition) is 6. The monoisotopic (exact) mass is 413 g/mol. The third kappa shape index (κ3) is 4.86. The number of carbonyl (C=O) groups is 1. The fraction of sp³-hybridized carbons (Fsp3) is 0.364. The zero-order valence-electron chi connectivity index (χ0n) is 17.6. The van der Waals surface area contributed by atoms with E-state index in [1.54, 1.807) is 19.1 Å². The van der Waals surface area contributed by atoms with E-state index in [-0.39, 0.29) is 5.91 Å². The lowest BCUT2D eigenvalue weighted by molar-refractivity contribution is -0.118. The van der Waals surface area contributed by atoms with E-state index >= 15 is 0 Å². The molecule has 29 heavy (non-hydrogen) atoms. The normalized spacial score (nSPS) is 11.1. The summed E-state index contributed by atoms with van der Waals surface area (Å²) in [6, 6.07) is 11.5. The summed E-state index contributed by atoms with van der Waals surface area (Å²) in [5.74, 6) is 1.52. The van der Waals surface area contributed by atoms with Gasteiger partial charge in [-0.2, -0.15) is 0 Å². The second kappa shape index (κ2) is 9.24. The second-order valence-corrected chi connectivity index (χ2v) is 8.11. The molecule has 0 fully saturated rings. The van der Waals surface area contributed by atoms with Crippen molar-refractivity contribution in [2.75, 3.05) is 46.3 Å². The Morgan fingerprint density at radius 1 is 1.03 bits per heavy atom. The summed E-state index contributed by atoms with van der Waals surface area (Å²) >= 11 is 1.53. The molecule has 0 radical (unpaired) electrons. The smallest absolute Gasteiger partial charge is 0.233 e. The molecule has 0 aliphatic heterocycles. The number of carbonyl (C=O) groups excluding carboxylic acids is 1. The largest absolute Gasteiger partial charge is 0.497 e. The summed E-state index contributed by atoms with van der Waals surface area (Å²) in [6.07, 6.45) is 0.309. The lowest BCUT2D eigenvalue weighted by Gasteiger charge is -2.22. The van der Waals surface area contributed by atoms with Crippen LogP contribution in [-0.2, 0) is 11.2 Å². The first-order valence-electron chi connectivity index (χ1n) is 9.45. The van der Waals surface area contributed by atoms with Gasteiger partial charge in [-0.05, 0) is 50.3 Å². The molecule has 0 bridgehead atoms. The Bertz CT molecular complexity index is 983. The lowest BCUT2D eigenvalue weighted by atomic mass is 10.1. The topological polar surface area (TPSA) is 54.9 Å². The van der Waals surface area contributed by atoms with Crippen LogP contribution in [0.3, 0.4) is 0 Å². The molecule has 154 valence electrons. The molecule has 0 saturated heterocycles. The van der Waals surface area contributed by atoms with Crippen LogP contribution >= 0.6 is 11.3 Å². The molecule has 3 rings (SSSR count). The molecule has 1 amide bonds. The number of hydrogen-bond donors (Lipinski definition) is 0. The number of anilines is 1. The highest BCUT2D eigenvalue weighted by Crippen LogP contribution is 2.36. The summed E-state index contributed by atoms with van der Waals surface area (Å²) in [5, 5.41) is 0.702. The van der Waals surface area contributed by atoms with Crippen molar-refractivity contribution in [3.8, 4) is 11.5 Å². The first-order valence-corrected chi connectivity index (χ1v) is 10.3. The minimum Gasteiger partial charge on any atom is -0.497 e. The molecule has 0 aliphatic carbocycles. The van der Waals surface area contributed by atoms with Gasteiger partial charge in [0.25, 0.3) is 0 Å². The van der Waals surface area contributed by atoms with Gasteiger partial charge in [0.15, 0.2) is 5.13 Å². The van der Waals surface area contributed by atoms with E-state index in [0.717, 1.165) is 39.4 Å². The highest BCUT2D eigenvalue weighted by atomic mass is 32.1. The Kier molecular flexibility index (Phi) is 6.71. The molecule has 0 spiro atoms. The average molecular weight is 414 g/mol. The van der Waals surface area contributed by atoms with Gasteiger partial charge >= 0.3 is 0 Å². The number of likely N-dealkylation sites (N-methyl/N-ethyl adjacent to an activating group) is 1. The maximum absolute atomic E-state index is 13.2. The van der Waals surface area contributed by atoms with Crippen molar-refractivity contribution < 1.29 is 14.3 Å². The van der Waals surface area contributed by atoms with Crippen molar-refractivity contribution >= 4 is 32.6 Å². The quantitative estimate of drug-likeness (QED) is 0.563. The first kappa shape index (κ1) is 21.1. The molecule has 1 heterocycles. The van der Waals surface area contributed by atoms with Gasteiger partial charge in [0.2, 0.25) is 5.91 Å². The van der Waals surface area contributed by atoms with Crippen LogP contribution < -0.4 is 14.4 Å². The number of aromatic nitrogens is 1. The number of benzene rings is 2. The van der Waals surface area contributed by atoms with Crippen molar-refractivity contribution in [2.24, 2.45) is 0 Å². The van der Waals surface area contributed by atoms with Crippen LogP contribution in [0.5, 0.6) is 11.5 Å². The Hall–Kier alpha value is -2.64. The number of rotatable bonds is 8. The van der Waals surface area contributed by atoms with Gasteiger partial charge < -0.3 is 14.4 Å². The molecule has 1 aromatic heterocycles. The molecule has 3 aromatic rings. The molecule has 0 saturated carbocycles. The molecule has 0 atom stereocenters. The third-order valence-corrected chi connectivity index (χ3v) is 5.94. The van der Waals surface area contributed by atoms with Crippen molar-refractivity contribution in [1.82, 2.24) is 9.88 Å². The summed E-state index contributed by atoms with van der Waals surface area (Å²) in [7, 11) is 7.27. The Morgan fingerprint density at radius 2 is 1.76 bits per heavy atom. The van der Waals surface area contributed by atoms with Crippen LogP contribution in [0.25, 0.3) is 10.2 Å². The van der Waals surface area contributed by atoms with Crippen molar-refractivity contribution in [3.05, 3.63) is 47.5 Å². The fourth-order valence-corrected chi connectivity index (χ4v) is 4.11. The van der Waals surface area contributed by atoms with Gasteiger partial charge in [0.1, 0.15) is 17.0 Å². The van der Waals surface area contributed by atoms with Crippen LogP contribution in [0.4, 0.5) is 5.13 Å². The van der Waals surface area contributed by atoms with E-state index in [4.69, 9.17) is 14.5 Å². The number of methoxy groups -OCH3 is 2. The number of ether oxygens (including phenoxy) is 2. The Balaban J connectivity index is 1.92. The van der Waals surface area contributed by atoms with Crippen LogP contribution in [0, 0.1) is 6.92 Å². The molecular weight excluding hydrogens is 386 g/mol. The molecule has 2 aromatic carbocycles. The van der Waals surface area contributed by atoms with E-state index in [1.807, 2.05) is 57.4 Å². The number of amides is 1. The van der Waals surface area contributed by atoms with Crippen molar-refractivity contribution in [3.63, 3.8) is 0 Å². The summed E-state index contributed by atoms with van der Waals surface area (Å²) in [4.78, 5) is 21.8. The fourth-order valence-electron chi connectivity index (χ4n) is 3.02. The first-order chi connectivity index (χ1) is 13.9. The van der Waals surface area contributed by atoms with Gasteiger partial charge in [-0.3, -0.25) is 9.69 Å². The number of aryl methyl sites for hydroxylation is 1. The molecule has 0 N–H and O–H groups in total. The van der Waals surface area contributed by atoms with Crippen LogP contribution in [0.2, 0.25) is 0 Å². The van der Waals surface area contributed by atoms with E-state index in [2.05, 4.69) is 4.90 Å². The maximum atomic E-state index is 13.2. The number of fused-ring (bicyclic) bond motifs is 1. The van der Waals surface area contributed by atoms with E-state index < -0.39 is 0 Å². The minimum absolute atomic E-state index is 0.0210. The number of nitrogens with zero attached hydrogens (tertiary/aromatic N) is 3. The SMILES string of the molecule is COc1ccc(CC(=O)N(CCN(C)C)c2nc3c(OC)ccc(C)c3s2)cc1. The van der Waals surface area contributed by atoms with Gasteiger partial charge in [-0.1, -0.05) is 29.5 Å². The molecule has 0 aliphatic rings. The van der Waals surface area contributed by atoms with Gasteiger partial charge in [0, 0.05) is 13.1 Å².